The number of nitrogens with zero attached hydrogens (tertiary/aromatic N) is 4. The normalized spacial score (nSPS) is 15.2. The van der Waals surface area contributed by atoms with Crippen molar-refractivity contribution in [3.63, 3.8) is 0 Å². The van der Waals surface area contributed by atoms with E-state index >= 15 is 0 Å². The van der Waals surface area contributed by atoms with Crippen molar-refractivity contribution >= 4 is 112 Å². The molecular formula is C77H69BN4S. The summed E-state index contributed by atoms with van der Waals surface area (Å²) in [5, 5.41) is 1.27. The van der Waals surface area contributed by atoms with Crippen molar-refractivity contribution in [3.05, 3.63) is 257 Å². The minimum Gasteiger partial charge on any atom is -0.311 e. The summed E-state index contributed by atoms with van der Waals surface area (Å²) >= 11 is 2.00. The highest BCUT2D eigenvalue weighted by molar-refractivity contribution is 7.33. The first kappa shape index (κ1) is 51.3. The van der Waals surface area contributed by atoms with Gasteiger partial charge in [0.15, 0.2) is 0 Å². The molecule has 0 N–H and O–H groups in total. The van der Waals surface area contributed by atoms with E-state index in [2.05, 4.69) is 314 Å². The molecule has 0 radical (unpaired) electrons. The van der Waals surface area contributed by atoms with Crippen LogP contribution in [0, 0.1) is 6.92 Å². The Bertz CT molecular complexity index is 4430. The summed E-state index contributed by atoms with van der Waals surface area (Å²) in [4.78, 5) is 10.4. The number of para-hydroxylation sites is 5. The highest BCUT2D eigenvalue weighted by Gasteiger charge is 2.49. The molecule has 83 heavy (non-hydrogen) atoms. The molecule has 4 aliphatic rings. The third-order valence-electron chi connectivity index (χ3n) is 18.7. The van der Waals surface area contributed by atoms with Gasteiger partial charge in [-0.25, -0.2) is 0 Å². The van der Waals surface area contributed by atoms with Gasteiger partial charge in [-0.2, -0.15) is 0 Å². The SMILES string of the molecule is Cc1cc2c3c(c1)N(c1ccccc1)c1c(sc4cc5c(cc14)N(c1ccccc1)c1ccccc1C5(C)C)B3c1cc3c(cc1N2c1ccc(C(C)(C)C)cc1-c1ccc(C(C)(C)C)cc1)N(c1ccccc1)c1ccccc1C3(C)C. The molecular weight excluding hydrogens is 1020 g/mol. The van der Waals surface area contributed by atoms with Gasteiger partial charge in [-0.05, 0) is 164 Å². The smallest absolute Gasteiger partial charge is 0.264 e. The molecule has 0 saturated carbocycles. The van der Waals surface area contributed by atoms with Gasteiger partial charge in [0.1, 0.15) is 0 Å². The van der Waals surface area contributed by atoms with Crippen LogP contribution in [0.25, 0.3) is 21.2 Å². The zero-order valence-corrected chi connectivity index (χ0v) is 50.4. The average molecular weight is 1090 g/mol. The van der Waals surface area contributed by atoms with Gasteiger partial charge in [-0.3, -0.25) is 0 Å². The summed E-state index contributed by atoms with van der Waals surface area (Å²) in [5.41, 5.74) is 27.9. The van der Waals surface area contributed by atoms with Gasteiger partial charge in [0.2, 0.25) is 0 Å². The maximum atomic E-state index is 2.67. The fraction of sp³-hybridized carbons (Fsp3) is 0.195. The minimum atomic E-state index is -0.337. The molecule has 11 aromatic rings. The van der Waals surface area contributed by atoms with Crippen LogP contribution in [0.1, 0.15) is 108 Å². The number of fused-ring (bicyclic) bond motifs is 10. The fourth-order valence-electron chi connectivity index (χ4n) is 14.4. The highest BCUT2D eigenvalue weighted by atomic mass is 32.1. The minimum absolute atomic E-state index is 0.0179. The lowest BCUT2D eigenvalue weighted by Gasteiger charge is -2.47. The first-order valence-corrected chi connectivity index (χ1v) is 30.4. The van der Waals surface area contributed by atoms with Gasteiger partial charge in [0, 0.05) is 65.4 Å². The van der Waals surface area contributed by atoms with Gasteiger partial charge >= 0.3 is 0 Å². The zero-order chi connectivity index (χ0) is 57.1. The van der Waals surface area contributed by atoms with Crippen molar-refractivity contribution < 1.29 is 0 Å². The molecule has 0 aliphatic carbocycles. The van der Waals surface area contributed by atoms with Crippen LogP contribution in [0.3, 0.4) is 0 Å². The predicted octanol–water partition coefficient (Wildman–Crippen LogP) is 19.8. The average Bonchev–Trinajstić information content (AvgIpc) is 1.94. The second-order valence-electron chi connectivity index (χ2n) is 26.7. The zero-order valence-electron chi connectivity index (χ0n) is 49.6. The van der Waals surface area contributed by atoms with Gasteiger partial charge in [0.05, 0.1) is 34.1 Å². The monoisotopic (exact) mass is 1090 g/mol. The van der Waals surface area contributed by atoms with E-state index in [0.29, 0.717) is 0 Å². The van der Waals surface area contributed by atoms with Crippen molar-refractivity contribution in [1.82, 2.24) is 0 Å². The van der Waals surface area contributed by atoms with Crippen LogP contribution in [-0.2, 0) is 21.7 Å². The third kappa shape index (κ3) is 7.71. The number of aryl methyl sites for hydroxylation is 1. The van der Waals surface area contributed by atoms with E-state index in [-0.39, 0.29) is 28.4 Å². The van der Waals surface area contributed by atoms with E-state index in [4.69, 9.17) is 0 Å². The Labute approximate surface area is 495 Å². The predicted molar refractivity (Wildman–Crippen MR) is 357 cm³/mol. The third-order valence-corrected chi connectivity index (χ3v) is 19.9. The summed E-state index contributed by atoms with van der Waals surface area (Å²) < 4.78 is 2.66. The van der Waals surface area contributed by atoms with Crippen LogP contribution in [0.2, 0.25) is 0 Å². The first-order valence-electron chi connectivity index (χ1n) is 29.6. The molecule has 0 fully saturated rings. The largest absolute Gasteiger partial charge is 0.311 e. The molecule has 0 unspecified atom stereocenters. The van der Waals surface area contributed by atoms with E-state index in [1.165, 1.54) is 127 Å². The van der Waals surface area contributed by atoms with Crippen molar-refractivity contribution in [2.75, 3.05) is 19.6 Å². The molecule has 0 saturated heterocycles. The lowest BCUT2D eigenvalue weighted by Crippen LogP contribution is -2.60. The standard InChI is InChI=1S/C77H69BN4S/c1-48-41-68-71-69(42-48)82(62-40-39-51(75(5,6)7)43-55(62)49-35-37-50(38-36-49)74(2,3)4)67-47-66-59(76(8,9)57-31-21-24-34-64(57)80(66)53-27-17-13-18-28-53)45-61(67)78(71)73-72(81(68)54-29-19-14-20-30-54)56-44-65-60(46-70(56)83-73)77(10,11)58-32-22-23-33-63(58)79(65)52-25-15-12-16-26-52/h12-47H,1-11H3. The van der Waals surface area contributed by atoms with Crippen molar-refractivity contribution in [1.29, 1.82) is 0 Å². The number of benzene rings is 10. The topological polar surface area (TPSA) is 13.0 Å². The van der Waals surface area contributed by atoms with E-state index in [0.717, 1.165) is 17.1 Å². The molecule has 5 heterocycles. The van der Waals surface area contributed by atoms with E-state index in [1.807, 2.05) is 11.3 Å². The van der Waals surface area contributed by atoms with Gasteiger partial charge in [0.25, 0.3) is 6.71 Å². The number of hydrogen-bond acceptors (Lipinski definition) is 5. The summed E-state index contributed by atoms with van der Waals surface area (Å²) in [5.74, 6) is 0. The lowest BCUT2D eigenvalue weighted by molar-refractivity contribution is 0.590. The molecule has 1 aromatic heterocycles. The van der Waals surface area contributed by atoms with Crippen LogP contribution in [0.4, 0.5) is 68.2 Å². The van der Waals surface area contributed by atoms with E-state index in [1.54, 1.807) is 0 Å². The number of hydrogen-bond donors (Lipinski definition) is 0. The van der Waals surface area contributed by atoms with Crippen LogP contribution in [0.5, 0.6) is 0 Å². The second kappa shape index (κ2) is 18.2. The quantitative estimate of drug-likeness (QED) is 0.159. The molecule has 4 aliphatic heterocycles. The van der Waals surface area contributed by atoms with Gasteiger partial charge in [-0.15, -0.1) is 11.3 Å². The van der Waals surface area contributed by atoms with E-state index < -0.39 is 0 Å². The Morgan fingerprint density at radius 3 is 1.42 bits per heavy atom. The Balaban J connectivity index is 1.07. The Morgan fingerprint density at radius 1 is 0.386 bits per heavy atom. The van der Waals surface area contributed by atoms with Crippen LogP contribution >= 0.6 is 11.3 Å². The molecule has 15 rings (SSSR count). The Kier molecular flexibility index (Phi) is 11.3. The molecule has 10 aromatic carbocycles. The first-order chi connectivity index (χ1) is 39.9. The second-order valence-corrected chi connectivity index (χ2v) is 27.8. The van der Waals surface area contributed by atoms with Crippen molar-refractivity contribution in [2.24, 2.45) is 0 Å². The Hall–Kier alpha value is -8.58. The number of anilines is 12. The highest BCUT2D eigenvalue weighted by Crippen LogP contribution is 2.58. The van der Waals surface area contributed by atoms with Crippen molar-refractivity contribution in [2.45, 2.75) is 97.8 Å². The van der Waals surface area contributed by atoms with Crippen LogP contribution in [0.15, 0.2) is 218 Å². The van der Waals surface area contributed by atoms with Crippen molar-refractivity contribution in [3.8, 4) is 11.1 Å². The molecule has 4 nitrogen and oxygen atoms in total. The molecule has 406 valence electrons. The molecule has 0 bridgehead atoms. The molecule has 0 atom stereocenters. The number of thiophene rings is 1. The van der Waals surface area contributed by atoms with E-state index in [9.17, 15) is 0 Å². The summed E-state index contributed by atoms with van der Waals surface area (Å²) in [6, 6.07) is 83.4. The van der Waals surface area contributed by atoms with Crippen LogP contribution < -0.4 is 35.3 Å². The molecule has 0 spiro atoms. The fourth-order valence-corrected chi connectivity index (χ4v) is 15.7. The molecule has 0 amide bonds. The maximum Gasteiger partial charge on any atom is 0.264 e. The summed E-state index contributed by atoms with van der Waals surface area (Å²) in [6.45, 7) is 25.9. The summed E-state index contributed by atoms with van der Waals surface area (Å²) in [7, 11) is 0. The van der Waals surface area contributed by atoms with Gasteiger partial charge < -0.3 is 19.6 Å². The van der Waals surface area contributed by atoms with Gasteiger partial charge in [-0.1, -0.05) is 197 Å². The Morgan fingerprint density at radius 2 is 0.867 bits per heavy atom. The van der Waals surface area contributed by atoms with Crippen LogP contribution in [-0.4, -0.2) is 6.71 Å². The maximum absolute atomic E-state index is 2.67. The number of rotatable bonds is 5. The summed E-state index contributed by atoms with van der Waals surface area (Å²) in [6.07, 6.45) is 0. The lowest BCUT2D eigenvalue weighted by atomic mass is 9.36. The molecule has 6 heteroatoms.